The monoisotopic (exact) mass is 251 g/mol. The second kappa shape index (κ2) is 7.27. The number of ether oxygens (including phenoxy) is 2. The SMILES string of the molecule is CCC(CC)Oc1cc(OC)ccc1CC(C)N. The second-order valence-corrected chi connectivity index (χ2v) is 4.71. The quantitative estimate of drug-likeness (QED) is 0.809. The highest BCUT2D eigenvalue weighted by Crippen LogP contribution is 2.27. The topological polar surface area (TPSA) is 44.5 Å². The van der Waals surface area contributed by atoms with Crippen LogP contribution >= 0.6 is 0 Å². The van der Waals surface area contributed by atoms with Gasteiger partial charge in [0.15, 0.2) is 0 Å². The van der Waals surface area contributed by atoms with Crippen molar-refractivity contribution in [3.05, 3.63) is 23.8 Å². The van der Waals surface area contributed by atoms with Gasteiger partial charge in [-0.25, -0.2) is 0 Å². The molecule has 1 unspecified atom stereocenters. The minimum atomic E-state index is 0.127. The van der Waals surface area contributed by atoms with E-state index in [1.54, 1.807) is 7.11 Å². The Morgan fingerprint density at radius 3 is 2.39 bits per heavy atom. The Morgan fingerprint density at radius 1 is 1.22 bits per heavy atom. The lowest BCUT2D eigenvalue weighted by atomic mass is 10.1. The normalized spacial score (nSPS) is 12.6. The average Bonchev–Trinajstić information content (AvgIpc) is 2.36. The number of hydrogen-bond donors (Lipinski definition) is 1. The van der Waals surface area contributed by atoms with Crippen molar-refractivity contribution in [3.8, 4) is 11.5 Å². The van der Waals surface area contributed by atoms with Crippen molar-refractivity contribution in [1.29, 1.82) is 0 Å². The van der Waals surface area contributed by atoms with E-state index in [0.29, 0.717) is 0 Å². The molecule has 0 heterocycles. The molecule has 0 aromatic heterocycles. The first-order valence-corrected chi connectivity index (χ1v) is 6.69. The van der Waals surface area contributed by atoms with Gasteiger partial charge in [0, 0.05) is 12.1 Å². The highest BCUT2D eigenvalue weighted by Gasteiger charge is 2.12. The number of nitrogens with two attached hydrogens (primary N) is 1. The van der Waals surface area contributed by atoms with Crippen molar-refractivity contribution in [2.24, 2.45) is 5.73 Å². The zero-order valence-electron chi connectivity index (χ0n) is 11.9. The van der Waals surface area contributed by atoms with E-state index >= 15 is 0 Å². The van der Waals surface area contributed by atoms with Gasteiger partial charge in [-0.05, 0) is 37.8 Å². The summed E-state index contributed by atoms with van der Waals surface area (Å²) in [5.74, 6) is 1.73. The molecule has 0 aliphatic rings. The predicted octanol–water partition coefficient (Wildman–Crippen LogP) is 3.15. The molecule has 2 N–H and O–H groups in total. The van der Waals surface area contributed by atoms with Crippen LogP contribution in [0.2, 0.25) is 0 Å². The summed E-state index contributed by atoms with van der Waals surface area (Å²) in [7, 11) is 1.67. The smallest absolute Gasteiger partial charge is 0.126 e. The van der Waals surface area contributed by atoms with Crippen LogP contribution in [0.5, 0.6) is 11.5 Å². The van der Waals surface area contributed by atoms with Crippen molar-refractivity contribution in [2.75, 3.05) is 7.11 Å². The zero-order valence-corrected chi connectivity index (χ0v) is 11.9. The highest BCUT2D eigenvalue weighted by molar-refractivity contribution is 5.41. The van der Waals surface area contributed by atoms with E-state index < -0.39 is 0 Å². The zero-order chi connectivity index (χ0) is 13.5. The fourth-order valence-corrected chi connectivity index (χ4v) is 1.92. The van der Waals surface area contributed by atoms with Gasteiger partial charge in [0.2, 0.25) is 0 Å². The van der Waals surface area contributed by atoms with Crippen LogP contribution in [-0.4, -0.2) is 19.3 Å². The summed E-state index contributed by atoms with van der Waals surface area (Å²) in [6.07, 6.45) is 3.08. The molecule has 0 aliphatic heterocycles. The number of hydrogen-bond acceptors (Lipinski definition) is 3. The number of methoxy groups -OCH3 is 1. The van der Waals surface area contributed by atoms with E-state index in [9.17, 15) is 0 Å². The van der Waals surface area contributed by atoms with Crippen molar-refractivity contribution in [2.45, 2.75) is 52.2 Å². The summed E-state index contributed by atoms with van der Waals surface area (Å²) in [4.78, 5) is 0. The first-order valence-electron chi connectivity index (χ1n) is 6.69. The fourth-order valence-electron chi connectivity index (χ4n) is 1.92. The molecular weight excluding hydrogens is 226 g/mol. The maximum Gasteiger partial charge on any atom is 0.126 e. The molecule has 0 amide bonds. The van der Waals surface area contributed by atoms with Crippen molar-refractivity contribution in [1.82, 2.24) is 0 Å². The molecule has 0 aliphatic carbocycles. The van der Waals surface area contributed by atoms with Crippen molar-refractivity contribution < 1.29 is 9.47 Å². The molecule has 3 nitrogen and oxygen atoms in total. The van der Waals surface area contributed by atoms with Gasteiger partial charge in [0.25, 0.3) is 0 Å². The molecule has 0 spiro atoms. The molecule has 102 valence electrons. The summed E-state index contributed by atoms with van der Waals surface area (Å²) < 4.78 is 11.3. The van der Waals surface area contributed by atoms with Gasteiger partial charge in [-0.1, -0.05) is 19.9 Å². The first-order chi connectivity index (χ1) is 8.60. The van der Waals surface area contributed by atoms with Gasteiger partial charge >= 0.3 is 0 Å². The number of rotatable bonds is 7. The Kier molecular flexibility index (Phi) is 5.99. The minimum absolute atomic E-state index is 0.127. The molecule has 0 saturated heterocycles. The largest absolute Gasteiger partial charge is 0.497 e. The minimum Gasteiger partial charge on any atom is -0.497 e. The summed E-state index contributed by atoms with van der Waals surface area (Å²) >= 11 is 0. The molecule has 1 aromatic carbocycles. The van der Waals surface area contributed by atoms with Crippen LogP contribution in [0, 0.1) is 0 Å². The predicted molar refractivity (Wildman–Crippen MR) is 75.3 cm³/mol. The summed E-state index contributed by atoms with van der Waals surface area (Å²) in [5.41, 5.74) is 7.02. The standard InChI is InChI=1S/C15H25NO2/c1-5-13(6-2)18-15-10-14(17-4)8-7-12(15)9-11(3)16/h7-8,10-11,13H,5-6,9,16H2,1-4H3. The van der Waals surface area contributed by atoms with E-state index in [1.807, 2.05) is 25.1 Å². The van der Waals surface area contributed by atoms with E-state index in [2.05, 4.69) is 13.8 Å². The van der Waals surface area contributed by atoms with Crippen LogP contribution in [0.3, 0.4) is 0 Å². The van der Waals surface area contributed by atoms with Gasteiger partial charge in [0.05, 0.1) is 13.2 Å². The van der Waals surface area contributed by atoms with Crippen LogP contribution < -0.4 is 15.2 Å². The third-order valence-electron chi connectivity index (χ3n) is 3.02. The van der Waals surface area contributed by atoms with Crippen molar-refractivity contribution >= 4 is 0 Å². The third kappa shape index (κ3) is 4.22. The molecule has 0 fully saturated rings. The molecular formula is C15H25NO2. The average molecular weight is 251 g/mol. The Hall–Kier alpha value is -1.22. The van der Waals surface area contributed by atoms with Crippen LogP contribution in [0.25, 0.3) is 0 Å². The fraction of sp³-hybridized carbons (Fsp3) is 0.600. The van der Waals surface area contributed by atoms with Crippen molar-refractivity contribution in [3.63, 3.8) is 0 Å². The van der Waals surface area contributed by atoms with Crippen LogP contribution in [-0.2, 0) is 6.42 Å². The lowest BCUT2D eigenvalue weighted by Gasteiger charge is -2.20. The van der Waals surface area contributed by atoms with Gasteiger partial charge in [-0.15, -0.1) is 0 Å². The summed E-state index contributed by atoms with van der Waals surface area (Å²) in [6.45, 7) is 6.28. The molecule has 3 heteroatoms. The molecule has 1 aromatic rings. The van der Waals surface area contributed by atoms with E-state index in [0.717, 1.165) is 36.3 Å². The first kappa shape index (κ1) is 14.8. The maximum atomic E-state index is 6.05. The summed E-state index contributed by atoms with van der Waals surface area (Å²) in [6, 6.07) is 6.08. The Morgan fingerprint density at radius 2 is 1.89 bits per heavy atom. The molecule has 1 rings (SSSR count). The maximum absolute atomic E-state index is 6.05. The van der Waals surface area contributed by atoms with E-state index in [4.69, 9.17) is 15.2 Å². The Labute approximate surface area is 110 Å². The van der Waals surface area contributed by atoms with Gasteiger partial charge in [0.1, 0.15) is 11.5 Å². The van der Waals surface area contributed by atoms with Gasteiger partial charge < -0.3 is 15.2 Å². The van der Waals surface area contributed by atoms with Crippen LogP contribution in [0.15, 0.2) is 18.2 Å². The van der Waals surface area contributed by atoms with Gasteiger partial charge in [-0.2, -0.15) is 0 Å². The Bertz CT molecular complexity index is 360. The second-order valence-electron chi connectivity index (χ2n) is 4.71. The summed E-state index contributed by atoms with van der Waals surface area (Å²) in [5, 5.41) is 0. The third-order valence-corrected chi connectivity index (χ3v) is 3.02. The van der Waals surface area contributed by atoms with Crippen LogP contribution in [0.4, 0.5) is 0 Å². The molecule has 18 heavy (non-hydrogen) atoms. The molecule has 0 radical (unpaired) electrons. The lowest BCUT2D eigenvalue weighted by molar-refractivity contribution is 0.190. The molecule has 0 bridgehead atoms. The Balaban J connectivity index is 2.95. The highest BCUT2D eigenvalue weighted by atomic mass is 16.5. The van der Waals surface area contributed by atoms with E-state index in [1.165, 1.54) is 0 Å². The van der Waals surface area contributed by atoms with Crippen LogP contribution in [0.1, 0.15) is 39.2 Å². The van der Waals surface area contributed by atoms with E-state index in [-0.39, 0.29) is 12.1 Å². The number of benzene rings is 1. The molecule has 1 atom stereocenters. The van der Waals surface area contributed by atoms with Gasteiger partial charge in [-0.3, -0.25) is 0 Å². The lowest BCUT2D eigenvalue weighted by Crippen LogP contribution is -2.20. The molecule has 0 saturated carbocycles.